The first-order chi connectivity index (χ1) is 15.0. The normalized spacial score (nSPS) is 11.9. The molecule has 0 fully saturated rings. The van der Waals surface area contributed by atoms with Gasteiger partial charge in [0.1, 0.15) is 0 Å². The molecule has 0 saturated heterocycles. The molecule has 9 heteroatoms. The summed E-state index contributed by atoms with van der Waals surface area (Å²) in [6.45, 7) is 1.64. The second kappa shape index (κ2) is 8.70. The summed E-state index contributed by atoms with van der Waals surface area (Å²) in [6, 6.07) is 17.4. The number of esters is 1. The Kier molecular flexibility index (Phi) is 5.65. The van der Waals surface area contributed by atoms with Crippen LogP contribution in [0, 0.1) is 10.1 Å². The number of rotatable bonds is 7. The zero-order chi connectivity index (χ0) is 21.8. The van der Waals surface area contributed by atoms with Crippen LogP contribution in [-0.2, 0) is 16.0 Å². The molecule has 4 rings (SSSR count). The third kappa shape index (κ3) is 4.72. The summed E-state index contributed by atoms with van der Waals surface area (Å²) in [5.74, 6) is -0.0729. The number of aryl methyl sites for hydroxylation is 1. The van der Waals surface area contributed by atoms with Crippen LogP contribution in [0.3, 0.4) is 0 Å². The van der Waals surface area contributed by atoms with E-state index < -0.39 is 17.0 Å². The Hall–Kier alpha value is -4.14. The Balaban J connectivity index is 1.34. The van der Waals surface area contributed by atoms with Crippen LogP contribution in [-0.4, -0.2) is 26.1 Å². The van der Waals surface area contributed by atoms with Crippen LogP contribution in [0.4, 0.5) is 5.69 Å². The van der Waals surface area contributed by atoms with Gasteiger partial charge in [-0.2, -0.15) is 0 Å². The van der Waals surface area contributed by atoms with Crippen molar-refractivity contribution in [3.63, 3.8) is 0 Å². The fourth-order valence-corrected chi connectivity index (χ4v) is 3.03. The van der Waals surface area contributed by atoms with Gasteiger partial charge in [0.25, 0.3) is 11.6 Å². The molecule has 9 nitrogen and oxygen atoms in total. The van der Waals surface area contributed by atoms with Gasteiger partial charge >= 0.3 is 5.97 Å². The Morgan fingerprint density at radius 3 is 2.65 bits per heavy atom. The van der Waals surface area contributed by atoms with Gasteiger partial charge in [-0.15, -0.1) is 10.2 Å². The van der Waals surface area contributed by atoms with Gasteiger partial charge in [-0.3, -0.25) is 19.9 Å². The van der Waals surface area contributed by atoms with Gasteiger partial charge in [-0.25, -0.2) is 0 Å². The molecule has 2 aromatic heterocycles. The van der Waals surface area contributed by atoms with Crippen LogP contribution < -0.4 is 0 Å². The van der Waals surface area contributed by atoms with Gasteiger partial charge < -0.3 is 9.15 Å². The van der Waals surface area contributed by atoms with E-state index in [4.69, 9.17) is 9.15 Å². The first kappa shape index (κ1) is 20.1. The molecule has 0 bridgehead atoms. The molecule has 1 unspecified atom stereocenters. The maximum Gasteiger partial charge on any atom is 0.306 e. The molecule has 0 N–H and O–H groups in total. The monoisotopic (exact) mass is 418 g/mol. The molecule has 0 saturated carbocycles. The fourth-order valence-electron chi connectivity index (χ4n) is 3.03. The van der Waals surface area contributed by atoms with Crippen molar-refractivity contribution in [2.75, 3.05) is 0 Å². The molecular weight excluding hydrogens is 400 g/mol. The molecule has 4 aromatic rings. The molecule has 156 valence electrons. The highest BCUT2D eigenvalue weighted by molar-refractivity contribution is 5.78. The van der Waals surface area contributed by atoms with Gasteiger partial charge in [-0.1, -0.05) is 24.3 Å². The van der Waals surface area contributed by atoms with E-state index in [0.29, 0.717) is 12.0 Å². The lowest BCUT2D eigenvalue weighted by Gasteiger charge is -2.09. The highest BCUT2D eigenvalue weighted by Gasteiger charge is 2.19. The van der Waals surface area contributed by atoms with Crippen molar-refractivity contribution in [1.82, 2.24) is 15.2 Å². The molecule has 1 atom stereocenters. The summed E-state index contributed by atoms with van der Waals surface area (Å²) < 4.78 is 11.0. The summed E-state index contributed by atoms with van der Waals surface area (Å²) in [4.78, 5) is 27.0. The second-order valence-corrected chi connectivity index (χ2v) is 6.88. The molecule has 0 radical (unpaired) electrons. The van der Waals surface area contributed by atoms with Crippen LogP contribution in [0.15, 0.2) is 65.1 Å². The van der Waals surface area contributed by atoms with Crippen molar-refractivity contribution < 1.29 is 18.9 Å². The SMILES string of the molecule is CC(OC(=O)CCc1ccc2ccccc2n1)c1nnc(-c2ccc([N+](=O)[O-])cc2)o1. The largest absolute Gasteiger partial charge is 0.453 e. The number of non-ortho nitro benzene ring substituents is 1. The highest BCUT2D eigenvalue weighted by Crippen LogP contribution is 2.24. The van der Waals surface area contributed by atoms with Crippen LogP contribution in [0.25, 0.3) is 22.4 Å². The second-order valence-electron chi connectivity index (χ2n) is 6.88. The molecular formula is C22H18N4O5. The van der Waals surface area contributed by atoms with Gasteiger partial charge in [0, 0.05) is 35.2 Å². The average molecular weight is 418 g/mol. The maximum absolute atomic E-state index is 12.2. The van der Waals surface area contributed by atoms with Crippen LogP contribution in [0.2, 0.25) is 0 Å². The molecule has 0 aliphatic rings. The third-order valence-corrected chi connectivity index (χ3v) is 4.66. The number of para-hydroxylation sites is 1. The van der Waals surface area contributed by atoms with E-state index in [-0.39, 0.29) is 23.9 Å². The van der Waals surface area contributed by atoms with Crippen LogP contribution >= 0.6 is 0 Å². The summed E-state index contributed by atoms with van der Waals surface area (Å²) in [6.07, 6.45) is -0.107. The molecule has 0 aliphatic carbocycles. The van der Waals surface area contributed by atoms with Crippen molar-refractivity contribution in [3.05, 3.63) is 82.4 Å². The Morgan fingerprint density at radius 1 is 1.10 bits per heavy atom. The lowest BCUT2D eigenvalue weighted by Crippen LogP contribution is -2.10. The van der Waals surface area contributed by atoms with Crippen LogP contribution in [0.5, 0.6) is 0 Å². The van der Waals surface area contributed by atoms with E-state index in [2.05, 4.69) is 15.2 Å². The summed E-state index contributed by atoms with van der Waals surface area (Å²) in [5, 5.41) is 19.6. The summed E-state index contributed by atoms with van der Waals surface area (Å²) in [5.41, 5.74) is 2.19. The van der Waals surface area contributed by atoms with Gasteiger partial charge in [0.15, 0.2) is 6.10 Å². The maximum atomic E-state index is 12.2. The van der Waals surface area contributed by atoms with Crippen molar-refractivity contribution >= 4 is 22.6 Å². The van der Waals surface area contributed by atoms with E-state index in [1.165, 1.54) is 24.3 Å². The van der Waals surface area contributed by atoms with Crippen molar-refractivity contribution in [2.24, 2.45) is 0 Å². The molecule has 31 heavy (non-hydrogen) atoms. The van der Waals surface area contributed by atoms with E-state index in [1.54, 1.807) is 6.92 Å². The first-order valence-corrected chi connectivity index (χ1v) is 9.62. The van der Waals surface area contributed by atoms with Crippen LogP contribution in [0.1, 0.15) is 31.0 Å². The van der Waals surface area contributed by atoms with E-state index in [0.717, 1.165) is 16.6 Å². The van der Waals surface area contributed by atoms with Gasteiger partial charge in [0.05, 0.1) is 16.9 Å². The topological polar surface area (TPSA) is 121 Å². The number of nitro groups is 1. The molecule has 0 aliphatic heterocycles. The fraction of sp³-hybridized carbons (Fsp3) is 0.182. The Morgan fingerprint density at radius 2 is 1.87 bits per heavy atom. The predicted octanol–water partition coefficient (Wildman–Crippen LogP) is 4.43. The molecule has 0 spiro atoms. The number of fused-ring (bicyclic) bond motifs is 1. The average Bonchev–Trinajstić information content (AvgIpc) is 3.28. The van der Waals surface area contributed by atoms with Gasteiger partial charge in [-0.05, 0) is 31.2 Å². The standard InChI is InChI=1S/C22H18N4O5/c1-14(21-24-25-22(31-21)16-7-11-18(12-8-16)26(28)29)30-20(27)13-10-17-9-6-15-4-2-3-5-19(15)23-17/h2-9,11-12,14H,10,13H2,1H3. The number of pyridine rings is 1. The van der Waals surface area contributed by atoms with E-state index in [9.17, 15) is 14.9 Å². The van der Waals surface area contributed by atoms with E-state index in [1.807, 2.05) is 36.4 Å². The smallest absolute Gasteiger partial charge is 0.306 e. The summed E-state index contributed by atoms with van der Waals surface area (Å²) >= 11 is 0. The number of hydrogen-bond donors (Lipinski definition) is 0. The number of aromatic nitrogens is 3. The zero-order valence-corrected chi connectivity index (χ0v) is 16.6. The lowest BCUT2D eigenvalue weighted by atomic mass is 10.1. The number of hydrogen-bond acceptors (Lipinski definition) is 8. The Labute approximate surface area is 176 Å². The molecule has 0 amide bonds. The third-order valence-electron chi connectivity index (χ3n) is 4.66. The number of nitrogens with zero attached hydrogens (tertiary/aromatic N) is 4. The van der Waals surface area contributed by atoms with E-state index >= 15 is 0 Å². The minimum atomic E-state index is -0.726. The molecule has 2 aromatic carbocycles. The van der Waals surface area contributed by atoms with Crippen molar-refractivity contribution in [3.8, 4) is 11.5 Å². The minimum Gasteiger partial charge on any atom is -0.453 e. The number of ether oxygens (including phenoxy) is 1. The number of nitro benzene ring substituents is 1. The van der Waals surface area contributed by atoms with Crippen molar-refractivity contribution in [1.29, 1.82) is 0 Å². The Bertz CT molecular complexity index is 1240. The van der Waals surface area contributed by atoms with Gasteiger partial charge in [0.2, 0.25) is 5.89 Å². The number of carbonyl (C=O) groups excluding carboxylic acids is 1. The lowest BCUT2D eigenvalue weighted by molar-refractivity contribution is -0.384. The zero-order valence-electron chi connectivity index (χ0n) is 16.6. The minimum absolute atomic E-state index is 0.0355. The molecule has 2 heterocycles. The quantitative estimate of drug-likeness (QED) is 0.245. The predicted molar refractivity (Wildman–Crippen MR) is 111 cm³/mol. The van der Waals surface area contributed by atoms with Crippen molar-refractivity contribution in [2.45, 2.75) is 25.9 Å². The summed E-state index contributed by atoms with van der Waals surface area (Å²) in [7, 11) is 0. The first-order valence-electron chi connectivity index (χ1n) is 9.62. The highest BCUT2D eigenvalue weighted by atomic mass is 16.6. The number of carbonyl (C=O) groups is 1. The number of benzene rings is 2.